The molecule has 0 bridgehead atoms. The summed E-state index contributed by atoms with van der Waals surface area (Å²) in [5, 5.41) is 18.7. The van der Waals surface area contributed by atoms with Crippen LogP contribution in [-0.4, -0.2) is 20.2 Å². The summed E-state index contributed by atoms with van der Waals surface area (Å²) in [7, 11) is 0. The molecule has 0 spiro atoms. The number of anilines is 2. The molecule has 3 aromatic rings. The van der Waals surface area contributed by atoms with Gasteiger partial charge in [-0.25, -0.2) is 9.97 Å². The molecule has 0 aliphatic heterocycles. The van der Waals surface area contributed by atoms with Crippen LogP contribution < -0.4 is 5.32 Å². The summed E-state index contributed by atoms with van der Waals surface area (Å²) < 4.78 is 0. The van der Waals surface area contributed by atoms with Crippen molar-refractivity contribution in [3.05, 3.63) is 54.4 Å². The van der Waals surface area contributed by atoms with Crippen LogP contribution in [0.25, 0.3) is 11.4 Å². The van der Waals surface area contributed by atoms with Gasteiger partial charge in [0.25, 0.3) is 0 Å². The van der Waals surface area contributed by atoms with Crippen LogP contribution in [-0.2, 0) is 0 Å². The molecule has 0 amide bonds. The topological polar surface area (TPSA) is 90.3 Å². The Balaban J connectivity index is 1.93. The molecular weight excluding hydrogens is 252 g/mol. The van der Waals surface area contributed by atoms with E-state index in [1.807, 2.05) is 30.3 Å². The molecule has 2 heterocycles. The average molecular weight is 262 g/mol. The number of hydrogen-bond acceptors (Lipinski definition) is 5. The minimum absolute atomic E-state index is 0.453. The number of nitrogens with one attached hydrogen (secondary N) is 2. The third-order valence-corrected chi connectivity index (χ3v) is 2.70. The van der Waals surface area contributed by atoms with Crippen molar-refractivity contribution in [3.63, 3.8) is 0 Å². The van der Waals surface area contributed by atoms with Crippen LogP contribution in [0.4, 0.5) is 11.6 Å². The second-order valence-electron chi connectivity index (χ2n) is 4.03. The van der Waals surface area contributed by atoms with Crippen LogP contribution in [0.15, 0.2) is 48.8 Å². The Labute approximate surface area is 115 Å². The van der Waals surface area contributed by atoms with Crippen molar-refractivity contribution >= 4 is 11.6 Å². The molecule has 2 aromatic heterocycles. The van der Waals surface area contributed by atoms with Gasteiger partial charge >= 0.3 is 0 Å². The van der Waals surface area contributed by atoms with Crippen LogP contribution >= 0.6 is 0 Å². The van der Waals surface area contributed by atoms with Gasteiger partial charge in [-0.1, -0.05) is 18.2 Å². The van der Waals surface area contributed by atoms with Crippen molar-refractivity contribution < 1.29 is 0 Å². The fourth-order valence-electron chi connectivity index (χ4n) is 1.77. The fourth-order valence-corrected chi connectivity index (χ4v) is 1.77. The number of H-pyrrole nitrogens is 1. The standard InChI is InChI=1S/C14H10N6/c15-8-10-9-17-20-13(10)12-6-7-16-14(19-12)18-11-4-2-1-3-5-11/h1-7,9H,(H,17,20)(H,16,18,19). The van der Waals surface area contributed by atoms with Crippen LogP contribution in [0.5, 0.6) is 0 Å². The van der Waals surface area contributed by atoms with E-state index in [0.29, 0.717) is 22.9 Å². The summed E-state index contributed by atoms with van der Waals surface area (Å²) in [5.41, 5.74) is 2.56. The van der Waals surface area contributed by atoms with Crippen molar-refractivity contribution in [1.82, 2.24) is 20.2 Å². The van der Waals surface area contributed by atoms with E-state index >= 15 is 0 Å². The second kappa shape index (κ2) is 5.20. The molecule has 2 N–H and O–H groups in total. The molecule has 0 fully saturated rings. The lowest BCUT2D eigenvalue weighted by molar-refractivity contribution is 1.08. The Morgan fingerprint density at radius 3 is 2.80 bits per heavy atom. The van der Waals surface area contributed by atoms with E-state index in [1.165, 1.54) is 6.20 Å². The van der Waals surface area contributed by atoms with Crippen molar-refractivity contribution in [2.45, 2.75) is 0 Å². The van der Waals surface area contributed by atoms with E-state index in [1.54, 1.807) is 12.3 Å². The molecule has 3 rings (SSSR count). The summed E-state index contributed by atoms with van der Waals surface area (Å²) in [4.78, 5) is 8.54. The van der Waals surface area contributed by atoms with E-state index in [2.05, 4.69) is 31.6 Å². The molecule has 0 unspecified atom stereocenters. The lowest BCUT2D eigenvalue weighted by Gasteiger charge is -2.05. The van der Waals surface area contributed by atoms with Gasteiger partial charge in [0.05, 0.1) is 17.5 Å². The largest absolute Gasteiger partial charge is 0.324 e. The zero-order valence-electron chi connectivity index (χ0n) is 10.4. The molecule has 0 aliphatic carbocycles. The number of para-hydroxylation sites is 1. The highest BCUT2D eigenvalue weighted by Gasteiger charge is 2.09. The molecule has 0 radical (unpaired) electrons. The van der Waals surface area contributed by atoms with E-state index in [4.69, 9.17) is 5.26 Å². The van der Waals surface area contributed by atoms with Crippen LogP contribution in [0.3, 0.4) is 0 Å². The predicted octanol–water partition coefficient (Wildman–Crippen LogP) is 2.48. The Morgan fingerprint density at radius 1 is 1.15 bits per heavy atom. The molecule has 0 saturated carbocycles. The van der Waals surface area contributed by atoms with E-state index in [9.17, 15) is 0 Å². The molecular formula is C14H10N6. The first kappa shape index (κ1) is 11.9. The molecule has 1 aromatic carbocycles. The van der Waals surface area contributed by atoms with Gasteiger partial charge in [0.2, 0.25) is 5.95 Å². The zero-order chi connectivity index (χ0) is 13.8. The van der Waals surface area contributed by atoms with E-state index in [-0.39, 0.29) is 0 Å². The highest BCUT2D eigenvalue weighted by atomic mass is 15.1. The Bertz CT molecular complexity index is 757. The lowest BCUT2D eigenvalue weighted by Crippen LogP contribution is -1.98. The first-order chi connectivity index (χ1) is 9.86. The van der Waals surface area contributed by atoms with Gasteiger partial charge in [-0.2, -0.15) is 10.4 Å². The van der Waals surface area contributed by atoms with Crippen molar-refractivity contribution in [1.29, 1.82) is 5.26 Å². The lowest BCUT2D eigenvalue weighted by atomic mass is 10.2. The Hall–Kier alpha value is -3.20. The maximum Gasteiger partial charge on any atom is 0.227 e. The zero-order valence-corrected chi connectivity index (χ0v) is 10.4. The van der Waals surface area contributed by atoms with E-state index in [0.717, 1.165) is 5.69 Å². The summed E-state index contributed by atoms with van der Waals surface area (Å²) in [5.74, 6) is 0.465. The summed E-state index contributed by atoms with van der Waals surface area (Å²) >= 11 is 0. The smallest absolute Gasteiger partial charge is 0.227 e. The first-order valence-corrected chi connectivity index (χ1v) is 5.96. The molecule has 0 aliphatic rings. The van der Waals surface area contributed by atoms with Crippen LogP contribution in [0, 0.1) is 11.3 Å². The van der Waals surface area contributed by atoms with Crippen molar-refractivity contribution in [2.75, 3.05) is 5.32 Å². The number of rotatable bonds is 3. The third-order valence-electron chi connectivity index (χ3n) is 2.70. The van der Waals surface area contributed by atoms with Crippen LogP contribution in [0.2, 0.25) is 0 Å². The molecule has 0 atom stereocenters. The second-order valence-corrected chi connectivity index (χ2v) is 4.03. The molecule has 6 heteroatoms. The number of benzene rings is 1. The minimum Gasteiger partial charge on any atom is -0.324 e. The normalized spacial score (nSPS) is 9.95. The fraction of sp³-hybridized carbons (Fsp3) is 0. The van der Waals surface area contributed by atoms with Crippen molar-refractivity contribution in [3.8, 4) is 17.5 Å². The number of nitriles is 1. The number of aromatic amines is 1. The van der Waals surface area contributed by atoms with Crippen molar-refractivity contribution in [2.24, 2.45) is 0 Å². The SMILES string of the molecule is N#Cc1cn[nH]c1-c1ccnc(Nc2ccccc2)n1. The molecule has 96 valence electrons. The first-order valence-electron chi connectivity index (χ1n) is 5.96. The van der Waals surface area contributed by atoms with Gasteiger partial charge in [-0.15, -0.1) is 0 Å². The monoisotopic (exact) mass is 262 g/mol. The van der Waals surface area contributed by atoms with Gasteiger partial charge in [0.1, 0.15) is 11.8 Å². The Kier molecular flexibility index (Phi) is 3.08. The number of aromatic nitrogens is 4. The Morgan fingerprint density at radius 2 is 2.00 bits per heavy atom. The van der Waals surface area contributed by atoms with Gasteiger partial charge in [0.15, 0.2) is 0 Å². The van der Waals surface area contributed by atoms with Crippen LogP contribution in [0.1, 0.15) is 5.56 Å². The van der Waals surface area contributed by atoms with Gasteiger partial charge in [-0.05, 0) is 18.2 Å². The molecule has 0 saturated heterocycles. The predicted molar refractivity (Wildman–Crippen MR) is 74.1 cm³/mol. The van der Waals surface area contributed by atoms with Gasteiger partial charge < -0.3 is 5.32 Å². The quantitative estimate of drug-likeness (QED) is 0.756. The highest BCUT2D eigenvalue weighted by molar-refractivity contribution is 5.64. The van der Waals surface area contributed by atoms with E-state index < -0.39 is 0 Å². The summed E-state index contributed by atoms with van der Waals surface area (Å²) in [6, 6.07) is 13.4. The number of hydrogen-bond donors (Lipinski definition) is 2. The maximum absolute atomic E-state index is 9.00. The summed E-state index contributed by atoms with van der Waals surface area (Å²) in [6.07, 6.45) is 3.11. The van der Waals surface area contributed by atoms with Gasteiger partial charge in [-0.3, -0.25) is 5.10 Å². The summed E-state index contributed by atoms with van der Waals surface area (Å²) in [6.45, 7) is 0. The maximum atomic E-state index is 9.00. The molecule has 6 nitrogen and oxygen atoms in total. The molecule has 20 heavy (non-hydrogen) atoms. The van der Waals surface area contributed by atoms with Gasteiger partial charge in [0, 0.05) is 11.9 Å². The number of nitrogens with zero attached hydrogens (tertiary/aromatic N) is 4. The minimum atomic E-state index is 0.453. The third kappa shape index (κ3) is 2.33. The average Bonchev–Trinajstić information content (AvgIpc) is 2.97. The highest BCUT2D eigenvalue weighted by Crippen LogP contribution is 2.20.